The van der Waals surface area contributed by atoms with Crippen molar-refractivity contribution in [1.29, 1.82) is 0 Å². The van der Waals surface area contributed by atoms with Crippen LogP contribution in [-0.4, -0.2) is 24.9 Å². The fourth-order valence-corrected chi connectivity index (χ4v) is 2.11. The summed E-state index contributed by atoms with van der Waals surface area (Å²) in [5.74, 6) is 2.20. The van der Waals surface area contributed by atoms with Crippen molar-refractivity contribution < 1.29 is 13.9 Å². The maximum absolute atomic E-state index is 11.1. The second-order valence-corrected chi connectivity index (χ2v) is 4.47. The fourth-order valence-electron chi connectivity index (χ4n) is 1.09. The van der Waals surface area contributed by atoms with Crippen LogP contribution in [0.4, 0.5) is 0 Å². The molecule has 0 aliphatic rings. The van der Waals surface area contributed by atoms with Gasteiger partial charge in [0, 0.05) is 11.8 Å². The summed E-state index contributed by atoms with van der Waals surface area (Å²) in [5.41, 5.74) is 5.79. The van der Waals surface area contributed by atoms with Crippen molar-refractivity contribution in [2.24, 2.45) is 5.73 Å². The molecule has 4 nitrogen and oxygen atoms in total. The summed E-state index contributed by atoms with van der Waals surface area (Å²) in [6, 6.07) is 3.64. The average molecular weight is 243 g/mol. The molecule has 5 heteroatoms. The number of ether oxygens (including phenoxy) is 1. The van der Waals surface area contributed by atoms with E-state index < -0.39 is 5.97 Å². The summed E-state index contributed by atoms with van der Waals surface area (Å²) in [6.07, 6.45) is 0.971. The second kappa shape index (κ2) is 6.60. The first-order valence-corrected chi connectivity index (χ1v) is 6.33. The first-order chi connectivity index (χ1) is 7.67. The van der Waals surface area contributed by atoms with E-state index in [1.165, 1.54) is 7.11 Å². The van der Waals surface area contributed by atoms with Crippen LogP contribution in [-0.2, 0) is 10.5 Å². The molecule has 1 rings (SSSR count). The zero-order valence-electron chi connectivity index (χ0n) is 9.56. The first kappa shape index (κ1) is 13.1. The lowest BCUT2D eigenvalue weighted by atomic mass is 10.3. The molecule has 0 fully saturated rings. The standard InChI is InChI=1S/C11H17NO3S/c1-3-8(12)6-16-7-9-4-5-10(15-9)11(13)14-2/h4-5,8H,3,6-7,12H2,1-2H3. The molecule has 90 valence electrons. The largest absolute Gasteiger partial charge is 0.463 e. The molecule has 0 aliphatic carbocycles. The molecule has 1 aromatic rings. The van der Waals surface area contributed by atoms with Gasteiger partial charge in [-0.05, 0) is 18.6 Å². The van der Waals surface area contributed by atoms with E-state index in [-0.39, 0.29) is 11.8 Å². The molecule has 1 unspecified atom stereocenters. The number of nitrogens with two attached hydrogens (primary N) is 1. The van der Waals surface area contributed by atoms with Crippen molar-refractivity contribution in [3.63, 3.8) is 0 Å². The Morgan fingerprint density at radius 1 is 1.62 bits per heavy atom. The molecule has 0 bridgehead atoms. The third-order valence-corrected chi connectivity index (χ3v) is 3.30. The van der Waals surface area contributed by atoms with Crippen LogP contribution in [0.3, 0.4) is 0 Å². The average Bonchev–Trinajstić information content (AvgIpc) is 2.76. The van der Waals surface area contributed by atoms with E-state index in [1.54, 1.807) is 23.9 Å². The van der Waals surface area contributed by atoms with Gasteiger partial charge in [0.1, 0.15) is 5.76 Å². The molecule has 1 atom stereocenters. The number of hydrogen-bond donors (Lipinski definition) is 1. The lowest BCUT2D eigenvalue weighted by Crippen LogP contribution is -2.21. The topological polar surface area (TPSA) is 65.5 Å². The van der Waals surface area contributed by atoms with Gasteiger partial charge in [0.05, 0.1) is 12.9 Å². The third-order valence-electron chi connectivity index (χ3n) is 2.15. The molecule has 0 saturated heterocycles. The van der Waals surface area contributed by atoms with Crippen LogP contribution in [0.25, 0.3) is 0 Å². The highest BCUT2D eigenvalue weighted by Gasteiger charge is 2.11. The SMILES string of the molecule is CCC(N)CSCc1ccc(C(=O)OC)o1. The molecule has 0 radical (unpaired) electrons. The molecule has 0 amide bonds. The minimum atomic E-state index is -0.443. The van der Waals surface area contributed by atoms with Gasteiger partial charge in [0.15, 0.2) is 0 Å². The monoisotopic (exact) mass is 243 g/mol. The highest BCUT2D eigenvalue weighted by molar-refractivity contribution is 7.98. The van der Waals surface area contributed by atoms with E-state index in [0.717, 1.165) is 23.7 Å². The van der Waals surface area contributed by atoms with Gasteiger partial charge >= 0.3 is 5.97 Å². The number of esters is 1. The number of thioether (sulfide) groups is 1. The predicted octanol–water partition coefficient (Wildman–Crippen LogP) is 2.04. The van der Waals surface area contributed by atoms with Crippen LogP contribution in [0, 0.1) is 0 Å². The van der Waals surface area contributed by atoms with Gasteiger partial charge in [0.25, 0.3) is 0 Å². The van der Waals surface area contributed by atoms with Crippen LogP contribution in [0.2, 0.25) is 0 Å². The van der Waals surface area contributed by atoms with Gasteiger partial charge in [-0.15, -0.1) is 0 Å². The Morgan fingerprint density at radius 3 is 3.00 bits per heavy atom. The number of methoxy groups -OCH3 is 1. The Balaban J connectivity index is 2.38. The van der Waals surface area contributed by atoms with E-state index in [9.17, 15) is 4.79 Å². The van der Waals surface area contributed by atoms with Crippen LogP contribution >= 0.6 is 11.8 Å². The Morgan fingerprint density at radius 2 is 2.38 bits per heavy atom. The summed E-state index contributed by atoms with van der Waals surface area (Å²) in [7, 11) is 1.33. The van der Waals surface area contributed by atoms with Crippen molar-refractivity contribution in [2.45, 2.75) is 25.1 Å². The maximum Gasteiger partial charge on any atom is 0.373 e. The van der Waals surface area contributed by atoms with Crippen molar-refractivity contribution in [1.82, 2.24) is 0 Å². The zero-order valence-corrected chi connectivity index (χ0v) is 10.4. The minimum Gasteiger partial charge on any atom is -0.463 e. The van der Waals surface area contributed by atoms with Gasteiger partial charge in [-0.1, -0.05) is 6.92 Å². The summed E-state index contributed by atoms with van der Waals surface area (Å²) >= 11 is 1.70. The van der Waals surface area contributed by atoms with Crippen molar-refractivity contribution in [3.05, 3.63) is 23.7 Å². The van der Waals surface area contributed by atoms with Gasteiger partial charge in [-0.3, -0.25) is 0 Å². The van der Waals surface area contributed by atoms with Crippen LogP contribution in [0.1, 0.15) is 29.7 Å². The van der Waals surface area contributed by atoms with E-state index in [4.69, 9.17) is 10.2 Å². The lowest BCUT2D eigenvalue weighted by Gasteiger charge is -2.06. The number of rotatable bonds is 6. The Bertz CT molecular complexity index is 338. The molecule has 0 saturated carbocycles. The molecule has 1 aromatic heterocycles. The van der Waals surface area contributed by atoms with Crippen LogP contribution < -0.4 is 5.73 Å². The van der Waals surface area contributed by atoms with Gasteiger partial charge < -0.3 is 14.9 Å². The highest BCUT2D eigenvalue weighted by Crippen LogP contribution is 2.16. The van der Waals surface area contributed by atoms with Gasteiger partial charge in [0.2, 0.25) is 5.76 Å². The first-order valence-electron chi connectivity index (χ1n) is 5.17. The fraction of sp³-hybridized carbons (Fsp3) is 0.545. The quantitative estimate of drug-likeness (QED) is 0.774. The Hall–Kier alpha value is -0.940. The zero-order chi connectivity index (χ0) is 12.0. The summed E-state index contributed by atoms with van der Waals surface area (Å²) in [4.78, 5) is 11.1. The lowest BCUT2D eigenvalue weighted by molar-refractivity contribution is 0.0563. The highest BCUT2D eigenvalue weighted by atomic mass is 32.2. The normalized spacial score (nSPS) is 12.4. The minimum absolute atomic E-state index is 0.222. The summed E-state index contributed by atoms with van der Waals surface area (Å²) in [5, 5.41) is 0. The smallest absolute Gasteiger partial charge is 0.373 e. The van der Waals surface area contributed by atoms with E-state index in [0.29, 0.717) is 0 Å². The van der Waals surface area contributed by atoms with Crippen molar-refractivity contribution in [2.75, 3.05) is 12.9 Å². The summed E-state index contributed by atoms with van der Waals surface area (Å²) < 4.78 is 9.87. The molecule has 0 aliphatic heterocycles. The number of furan rings is 1. The maximum atomic E-state index is 11.1. The molecule has 0 spiro atoms. The summed E-state index contributed by atoms with van der Waals surface area (Å²) in [6.45, 7) is 2.06. The second-order valence-electron chi connectivity index (χ2n) is 3.44. The van der Waals surface area contributed by atoms with E-state index in [1.807, 2.05) is 0 Å². The van der Waals surface area contributed by atoms with Crippen LogP contribution in [0.15, 0.2) is 16.5 Å². The molecule has 2 N–H and O–H groups in total. The van der Waals surface area contributed by atoms with Gasteiger partial charge in [-0.25, -0.2) is 4.79 Å². The van der Waals surface area contributed by atoms with Crippen molar-refractivity contribution >= 4 is 17.7 Å². The van der Waals surface area contributed by atoms with E-state index >= 15 is 0 Å². The molecular formula is C11H17NO3S. The third kappa shape index (κ3) is 3.90. The molecule has 1 heterocycles. The van der Waals surface area contributed by atoms with Crippen LogP contribution in [0.5, 0.6) is 0 Å². The molecule has 16 heavy (non-hydrogen) atoms. The molecular weight excluding hydrogens is 226 g/mol. The Kier molecular flexibility index (Phi) is 5.42. The number of carbonyl (C=O) groups is 1. The van der Waals surface area contributed by atoms with Gasteiger partial charge in [-0.2, -0.15) is 11.8 Å². The number of hydrogen-bond acceptors (Lipinski definition) is 5. The molecule has 0 aromatic carbocycles. The van der Waals surface area contributed by atoms with E-state index in [2.05, 4.69) is 11.7 Å². The Labute approximate surface area is 99.5 Å². The predicted molar refractivity (Wildman–Crippen MR) is 64.5 cm³/mol. The van der Waals surface area contributed by atoms with Crippen molar-refractivity contribution in [3.8, 4) is 0 Å². The number of carbonyl (C=O) groups excluding carboxylic acids is 1.